The second-order valence-corrected chi connectivity index (χ2v) is 6.21. The highest BCUT2D eigenvalue weighted by atomic mass is 35.5. The molecule has 5 heteroatoms. The summed E-state index contributed by atoms with van der Waals surface area (Å²) in [5.41, 5.74) is 0.862. The summed E-state index contributed by atoms with van der Waals surface area (Å²) in [6.07, 6.45) is 1.57. The Balaban J connectivity index is 0.00000161. The fourth-order valence-electron chi connectivity index (χ4n) is 3.69. The van der Waals surface area contributed by atoms with Gasteiger partial charge in [-0.05, 0) is 51.4 Å². The van der Waals surface area contributed by atoms with Crippen LogP contribution < -0.4 is 4.90 Å². The Morgan fingerprint density at radius 3 is 2.43 bits per heavy atom. The van der Waals surface area contributed by atoms with E-state index < -0.39 is 5.41 Å². The van der Waals surface area contributed by atoms with Gasteiger partial charge in [0.1, 0.15) is 5.82 Å². The molecule has 0 saturated carbocycles. The molecule has 0 aromatic heterocycles. The largest absolute Gasteiger partial charge is 0.312 e. The maximum absolute atomic E-state index is 14.1. The molecule has 1 aromatic carbocycles. The average Bonchev–Trinajstić information content (AvgIpc) is 2.64. The maximum atomic E-state index is 14.1. The van der Waals surface area contributed by atoms with Crippen molar-refractivity contribution in [1.29, 1.82) is 0 Å². The molecule has 1 fully saturated rings. The minimum atomic E-state index is -0.502. The maximum Gasteiger partial charge on any atom is 0.237 e. The normalized spacial score (nSPS) is 20.8. The molecule has 2 heterocycles. The van der Waals surface area contributed by atoms with Crippen molar-refractivity contribution >= 4 is 24.0 Å². The monoisotopic (exact) mass is 312 g/mol. The van der Waals surface area contributed by atoms with Gasteiger partial charge in [0.05, 0.1) is 11.1 Å². The number of likely N-dealkylation sites (tertiary alicyclic amines) is 1. The van der Waals surface area contributed by atoms with Gasteiger partial charge >= 0.3 is 0 Å². The molecule has 116 valence electrons. The summed E-state index contributed by atoms with van der Waals surface area (Å²) in [6.45, 7) is 6.14. The number of likely N-dealkylation sites (N-methyl/N-ethyl adjacent to an activating group) is 1. The van der Waals surface area contributed by atoms with Crippen LogP contribution in [0.2, 0.25) is 0 Å². The quantitative estimate of drug-likeness (QED) is 0.796. The average molecular weight is 313 g/mol. The van der Waals surface area contributed by atoms with Crippen molar-refractivity contribution in [1.82, 2.24) is 4.90 Å². The van der Waals surface area contributed by atoms with Crippen LogP contribution in [-0.2, 0) is 10.2 Å². The first-order valence-electron chi connectivity index (χ1n) is 7.28. The van der Waals surface area contributed by atoms with E-state index in [1.165, 1.54) is 11.0 Å². The van der Waals surface area contributed by atoms with Crippen LogP contribution in [-0.4, -0.2) is 37.0 Å². The van der Waals surface area contributed by atoms with E-state index in [9.17, 15) is 9.18 Å². The highest BCUT2D eigenvalue weighted by molar-refractivity contribution is 6.08. The highest BCUT2D eigenvalue weighted by Gasteiger charge is 2.51. The van der Waals surface area contributed by atoms with Gasteiger partial charge in [0.2, 0.25) is 5.91 Å². The summed E-state index contributed by atoms with van der Waals surface area (Å²) in [5.74, 6) is -0.234. The lowest BCUT2D eigenvalue weighted by atomic mass is 9.73. The van der Waals surface area contributed by atoms with E-state index >= 15 is 0 Å². The Morgan fingerprint density at radius 1 is 1.24 bits per heavy atom. The van der Waals surface area contributed by atoms with Gasteiger partial charge in [0, 0.05) is 13.1 Å². The molecule has 3 rings (SSSR count). The third kappa shape index (κ3) is 2.25. The van der Waals surface area contributed by atoms with Crippen LogP contribution in [0.25, 0.3) is 0 Å². The van der Waals surface area contributed by atoms with Crippen molar-refractivity contribution < 1.29 is 9.18 Å². The fourth-order valence-corrected chi connectivity index (χ4v) is 3.69. The summed E-state index contributed by atoms with van der Waals surface area (Å²) in [7, 11) is 1.69. The van der Waals surface area contributed by atoms with Crippen molar-refractivity contribution in [2.45, 2.75) is 38.1 Å². The zero-order chi connectivity index (χ0) is 14.5. The molecule has 0 N–H and O–H groups in total. The number of carbonyl (C=O) groups excluding carboxylic acids is 1. The molecule has 0 aliphatic carbocycles. The van der Waals surface area contributed by atoms with Crippen molar-refractivity contribution in [3.8, 4) is 0 Å². The molecule has 0 unspecified atom stereocenters. The molecular weight excluding hydrogens is 291 g/mol. The number of para-hydroxylation sites is 1. The Morgan fingerprint density at radius 2 is 1.86 bits per heavy atom. The van der Waals surface area contributed by atoms with Crippen molar-refractivity contribution in [3.05, 3.63) is 29.6 Å². The molecule has 2 aliphatic heterocycles. The van der Waals surface area contributed by atoms with Gasteiger partial charge in [-0.1, -0.05) is 12.1 Å². The van der Waals surface area contributed by atoms with Crippen LogP contribution >= 0.6 is 12.4 Å². The predicted molar refractivity (Wildman–Crippen MR) is 84.7 cm³/mol. The second-order valence-electron chi connectivity index (χ2n) is 6.21. The first-order chi connectivity index (χ1) is 9.47. The van der Waals surface area contributed by atoms with Gasteiger partial charge < -0.3 is 9.80 Å². The number of amides is 1. The minimum absolute atomic E-state index is 0. The van der Waals surface area contributed by atoms with E-state index in [2.05, 4.69) is 18.7 Å². The molecule has 0 radical (unpaired) electrons. The molecule has 1 spiro atoms. The summed E-state index contributed by atoms with van der Waals surface area (Å²) in [5, 5.41) is 0. The van der Waals surface area contributed by atoms with Gasteiger partial charge in [-0.25, -0.2) is 4.39 Å². The van der Waals surface area contributed by atoms with Gasteiger partial charge in [-0.3, -0.25) is 4.79 Å². The van der Waals surface area contributed by atoms with E-state index in [1.54, 1.807) is 13.1 Å². The number of rotatable bonds is 1. The van der Waals surface area contributed by atoms with Crippen LogP contribution in [0.15, 0.2) is 18.2 Å². The van der Waals surface area contributed by atoms with E-state index in [1.807, 2.05) is 6.07 Å². The van der Waals surface area contributed by atoms with Gasteiger partial charge in [-0.2, -0.15) is 0 Å². The fraction of sp³-hybridized carbons (Fsp3) is 0.562. The number of benzene rings is 1. The number of hydrogen-bond donors (Lipinski definition) is 0. The molecule has 1 amide bonds. The van der Waals surface area contributed by atoms with Crippen molar-refractivity contribution in [2.24, 2.45) is 0 Å². The molecule has 0 bridgehead atoms. The lowest BCUT2D eigenvalue weighted by molar-refractivity contribution is -0.124. The molecule has 3 nitrogen and oxygen atoms in total. The Bertz CT molecular complexity index is 553. The van der Waals surface area contributed by atoms with Crippen molar-refractivity contribution in [2.75, 3.05) is 25.0 Å². The number of hydrogen-bond acceptors (Lipinski definition) is 2. The summed E-state index contributed by atoms with van der Waals surface area (Å²) >= 11 is 0. The van der Waals surface area contributed by atoms with E-state index in [4.69, 9.17) is 0 Å². The van der Waals surface area contributed by atoms with E-state index in [0.29, 0.717) is 11.7 Å². The second kappa shape index (κ2) is 5.58. The number of piperidine rings is 1. The van der Waals surface area contributed by atoms with Crippen LogP contribution in [0, 0.1) is 5.82 Å². The topological polar surface area (TPSA) is 23.6 Å². The van der Waals surface area contributed by atoms with Gasteiger partial charge in [-0.15, -0.1) is 12.4 Å². The molecular formula is C16H22ClFN2O. The van der Waals surface area contributed by atoms with Crippen LogP contribution in [0.3, 0.4) is 0 Å². The van der Waals surface area contributed by atoms with Crippen molar-refractivity contribution in [3.63, 3.8) is 0 Å². The summed E-state index contributed by atoms with van der Waals surface area (Å²) in [6, 6.07) is 5.57. The lowest BCUT2D eigenvalue weighted by Gasteiger charge is -2.40. The standard InChI is InChI=1S/C16H21FN2O.ClH/c1-11(2)19-9-7-16(8-10-19)12-5-4-6-13(17)14(12)18(3)15(16)20;/h4-6,11H,7-10H2,1-3H3;1H. The third-order valence-corrected chi connectivity index (χ3v) is 4.93. The zero-order valence-electron chi connectivity index (χ0n) is 12.7. The van der Waals surface area contributed by atoms with Gasteiger partial charge in [0.15, 0.2) is 0 Å². The highest BCUT2D eigenvalue weighted by Crippen LogP contribution is 2.48. The Hall–Kier alpha value is -1.13. The zero-order valence-corrected chi connectivity index (χ0v) is 13.5. The summed E-state index contributed by atoms with van der Waals surface area (Å²) in [4.78, 5) is 16.6. The van der Waals surface area contributed by atoms with Gasteiger partial charge in [0.25, 0.3) is 0 Å². The number of carbonyl (C=O) groups is 1. The number of anilines is 1. The molecule has 21 heavy (non-hydrogen) atoms. The first kappa shape index (κ1) is 16.2. The first-order valence-corrected chi connectivity index (χ1v) is 7.28. The number of nitrogens with zero attached hydrogens (tertiary/aromatic N) is 2. The third-order valence-electron chi connectivity index (χ3n) is 4.93. The number of halogens is 2. The minimum Gasteiger partial charge on any atom is -0.312 e. The smallest absolute Gasteiger partial charge is 0.237 e. The molecule has 1 saturated heterocycles. The van der Waals surface area contributed by atoms with Crippen LogP contribution in [0.1, 0.15) is 32.3 Å². The summed E-state index contributed by atoms with van der Waals surface area (Å²) < 4.78 is 14.1. The van der Waals surface area contributed by atoms with E-state index in [0.717, 1.165) is 31.5 Å². The SMILES string of the molecule is CC(C)N1CCC2(CC1)C(=O)N(C)c1c(F)cccc12.Cl. The molecule has 2 aliphatic rings. The molecule has 0 atom stereocenters. The molecule has 1 aromatic rings. The lowest BCUT2D eigenvalue weighted by Crippen LogP contribution is -2.49. The number of fused-ring (bicyclic) bond motifs is 2. The van der Waals surface area contributed by atoms with E-state index in [-0.39, 0.29) is 24.1 Å². The predicted octanol–water partition coefficient (Wildman–Crippen LogP) is 2.97. The Kier molecular flexibility index (Phi) is 4.31. The van der Waals surface area contributed by atoms with Crippen LogP contribution in [0.5, 0.6) is 0 Å². The Labute approximate surface area is 131 Å². The van der Waals surface area contributed by atoms with Crippen LogP contribution in [0.4, 0.5) is 10.1 Å².